The van der Waals surface area contributed by atoms with Crippen molar-refractivity contribution in [2.45, 2.75) is 160 Å². The highest BCUT2D eigenvalue weighted by atomic mass is 16.1. The number of allylic oxidation sites excluding steroid dienone is 6. The fourth-order valence-corrected chi connectivity index (χ4v) is 8.41. The van der Waals surface area contributed by atoms with Gasteiger partial charge in [-0.3, -0.25) is 9.59 Å². The van der Waals surface area contributed by atoms with E-state index >= 15 is 0 Å². The van der Waals surface area contributed by atoms with Crippen molar-refractivity contribution in [3.8, 4) is 11.1 Å². The maximum absolute atomic E-state index is 14.9. The first-order valence-corrected chi connectivity index (χ1v) is 19.8. The Labute approximate surface area is 313 Å². The first kappa shape index (κ1) is 42.2. The first-order chi connectivity index (χ1) is 23.8. The van der Waals surface area contributed by atoms with Crippen molar-refractivity contribution < 1.29 is 9.59 Å². The molecule has 1 aliphatic rings. The largest absolute Gasteiger partial charge is 0.295 e. The van der Waals surface area contributed by atoms with Crippen molar-refractivity contribution in [1.82, 2.24) is 0 Å². The van der Waals surface area contributed by atoms with Gasteiger partial charge in [0.15, 0.2) is 11.6 Å². The minimum absolute atomic E-state index is 0.0710. The van der Waals surface area contributed by atoms with Crippen LogP contribution in [0.2, 0.25) is 0 Å². The summed E-state index contributed by atoms with van der Waals surface area (Å²) in [5.41, 5.74) is 15.7. The Kier molecular flexibility index (Phi) is 14.9. The Bertz CT molecular complexity index is 1650. The molecule has 51 heavy (non-hydrogen) atoms. The van der Waals surface area contributed by atoms with Gasteiger partial charge in [0.25, 0.3) is 0 Å². The second-order valence-corrected chi connectivity index (χ2v) is 17.5. The number of carbonyl (C=O) groups is 2. The van der Waals surface area contributed by atoms with E-state index in [0.717, 1.165) is 43.3 Å². The predicted molar refractivity (Wildman–Crippen MR) is 222 cm³/mol. The highest BCUT2D eigenvalue weighted by Crippen LogP contribution is 2.49. The Morgan fingerprint density at radius 1 is 0.922 bits per heavy atom. The van der Waals surface area contributed by atoms with E-state index in [2.05, 4.69) is 121 Å². The summed E-state index contributed by atoms with van der Waals surface area (Å²) in [6.45, 7) is 37.1. The predicted octanol–water partition coefficient (Wildman–Crippen LogP) is 14.1. The zero-order chi connectivity index (χ0) is 38.4. The van der Waals surface area contributed by atoms with Crippen molar-refractivity contribution in [3.63, 3.8) is 0 Å². The van der Waals surface area contributed by atoms with Crippen LogP contribution in [0.5, 0.6) is 0 Å². The van der Waals surface area contributed by atoms with Gasteiger partial charge in [-0.05, 0) is 178 Å². The summed E-state index contributed by atoms with van der Waals surface area (Å²) in [6.07, 6.45) is 13.0. The van der Waals surface area contributed by atoms with E-state index in [1.54, 1.807) is 6.92 Å². The molecule has 3 rings (SSSR count). The maximum atomic E-state index is 14.9. The van der Waals surface area contributed by atoms with E-state index in [0.29, 0.717) is 30.3 Å². The van der Waals surface area contributed by atoms with Gasteiger partial charge in [-0.2, -0.15) is 0 Å². The lowest BCUT2D eigenvalue weighted by Gasteiger charge is -2.30. The van der Waals surface area contributed by atoms with Gasteiger partial charge in [-0.1, -0.05) is 96.4 Å². The van der Waals surface area contributed by atoms with Gasteiger partial charge in [-0.25, -0.2) is 0 Å². The van der Waals surface area contributed by atoms with Crippen LogP contribution >= 0.6 is 0 Å². The summed E-state index contributed by atoms with van der Waals surface area (Å²) >= 11 is 0. The lowest BCUT2D eigenvalue weighted by molar-refractivity contribution is -0.120. The summed E-state index contributed by atoms with van der Waals surface area (Å²) in [7, 11) is 0. The van der Waals surface area contributed by atoms with Gasteiger partial charge < -0.3 is 0 Å². The lowest BCUT2D eigenvalue weighted by atomic mass is 9.73. The quantitative estimate of drug-likeness (QED) is 0.0675. The molecule has 1 fully saturated rings. The van der Waals surface area contributed by atoms with E-state index in [1.807, 2.05) is 6.08 Å². The molecule has 0 saturated heterocycles. The molecular formula is C49H70O2. The van der Waals surface area contributed by atoms with E-state index in [-0.39, 0.29) is 28.8 Å². The Morgan fingerprint density at radius 3 is 2.02 bits per heavy atom. The molecule has 2 atom stereocenters. The van der Waals surface area contributed by atoms with Gasteiger partial charge in [0.05, 0.1) is 0 Å². The minimum Gasteiger partial charge on any atom is -0.295 e. The third-order valence-corrected chi connectivity index (χ3v) is 10.9. The molecule has 0 heterocycles. The second-order valence-electron chi connectivity index (χ2n) is 17.5. The lowest BCUT2D eigenvalue weighted by Crippen LogP contribution is -2.23. The maximum Gasteiger partial charge on any atom is 0.162 e. The molecule has 2 aromatic rings. The average molecular weight is 691 g/mol. The number of aryl methyl sites for hydroxylation is 3. The molecular weight excluding hydrogens is 621 g/mol. The number of rotatable bonds is 18. The molecule has 2 nitrogen and oxygen atoms in total. The van der Waals surface area contributed by atoms with E-state index in [4.69, 9.17) is 0 Å². The molecule has 2 heteroatoms. The highest BCUT2D eigenvalue weighted by molar-refractivity contribution is 5.98. The van der Waals surface area contributed by atoms with Gasteiger partial charge in [-0.15, -0.1) is 6.58 Å². The number of ketones is 2. The summed E-state index contributed by atoms with van der Waals surface area (Å²) < 4.78 is 0. The smallest absolute Gasteiger partial charge is 0.162 e. The van der Waals surface area contributed by atoms with Crippen LogP contribution in [-0.2, 0) is 9.59 Å². The number of benzene rings is 2. The molecule has 0 amide bonds. The van der Waals surface area contributed by atoms with Crippen LogP contribution in [0.1, 0.15) is 164 Å². The normalized spacial score (nSPS) is 15.3. The standard InChI is InChI=1S/C49H70O2/c1-16-17-18-19-40(45(28-35(9)50)49(13,14)15)22-23-41(24-30(2)3)48(51)38(12)43(25-31(4)5)47-36(10)42(39-20-21-39)29-44(37(47)11)46-33(7)26-32(6)27-34(46)8/h22,26-30,39,41,43H,4,12,16-21,23-25H2,1-3,5-11,13-15H3/b40-22-,45-28+/t41-,43+/m0/s1. The van der Waals surface area contributed by atoms with Crippen molar-refractivity contribution in [2.75, 3.05) is 0 Å². The Balaban J connectivity index is 2.19. The van der Waals surface area contributed by atoms with Crippen LogP contribution in [0.4, 0.5) is 0 Å². The summed E-state index contributed by atoms with van der Waals surface area (Å²) in [4.78, 5) is 27.3. The highest BCUT2D eigenvalue weighted by Gasteiger charge is 2.34. The Hall–Kier alpha value is -3.26. The van der Waals surface area contributed by atoms with Crippen LogP contribution in [0, 0.1) is 51.9 Å². The molecule has 0 aliphatic heterocycles. The molecule has 1 saturated carbocycles. The third-order valence-electron chi connectivity index (χ3n) is 10.9. The summed E-state index contributed by atoms with van der Waals surface area (Å²) in [6, 6.07) is 7.05. The van der Waals surface area contributed by atoms with Crippen LogP contribution in [0.15, 0.2) is 65.8 Å². The zero-order valence-electron chi connectivity index (χ0n) is 34.8. The van der Waals surface area contributed by atoms with Gasteiger partial charge in [0.2, 0.25) is 0 Å². The number of hydrogen-bond donors (Lipinski definition) is 0. The molecule has 0 aromatic heterocycles. The summed E-state index contributed by atoms with van der Waals surface area (Å²) in [5, 5.41) is 0. The molecule has 0 radical (unpaired) electrons. The van der Waals surface area contributed by atoms with Crippen molar-refractivity contribution in [1.29, 1.82) is 0 Å². The fourth-order valence-electron chi connectivity index (χ4n) is 8.41. The fraction of sp³-hybridized carbons (Fsp3) is 0.551. The van der Waals surface area contributed by atoms with Crippen molar-refractivity contribution in [2.24, 2.45) is 17.3 Å². The number of carbonyl (C=O) groups excluding carboxylic acids is 2. The van der Waals surface area contributed by atoms with Crippen molar-refractivity contribution in [3.05, 3.63) is 105 Å². The topological polar surface area (TPSA) is 34.1 Å². The van der Waals surface area contributed by atoms with E-state index in [9.17, 15) is 9.59 Å². The van der Waals surface area contributed by atoms with Crippen LogP contribution < -0.4 is 0 Å². The molecule has 0 unspecified atom stereocenters. The monoisotopic (exact) mass is 691 g/mol. The third kappa shape index (κ3) is 11.1. The minimum atomic E-state index is -0.182. The van der Waals surface area contributed by atoms with Gasteiger partial charge in [0, 0.05) is 11.8 Å². The van der Waals surface area contributed by atoms with E-state index in [1.165, 1.54) is 68.5 Å². The van der Waals surface area contributed by atoms with Gasteiger partial charge in [0.1, 0.15) is 0 Å². The van der Waals surface area contributed by atoms with Crippen molar-refractivity contribution >= 4 is 11.6 Å². The van der Waals surface area contributed by atoms with Crippen LogP contribution in [0.3, 0.4) is 0 Å². The SMILES string of the molecule is C=C(C)C[C@H](C(=C)C(=O)[C@@H](C/C=C(CCCCC)\C(=C/C(C)=O)C(C)(C)C)CC(C)C)c1c(C)c(-c2c(C)cc(C)cc2C)cc(C2CC2)c1C. The van der Waals surface area contributed by atoms with Crippen LogP contribution in [0.25, 0.3) is 11.1 Å². The first-order valence-electron chi connectivity index (χ1n) is 19.8. The average Bonchev–Trinajstić information content (AvgIpc) is 3.85. The molecule has 0 bridgehead atoms. The Morgan fingerprint density at radius 2 is 1.53 bits per heavy atom. The molecule has 0 spiro atoms. The number of unbranched alkanes of at least 4 members (excludes halogenated alkanes) is 2. The molecule has 2 aromatic carbocycles. The molecule has 0 N–H and O–H groups in total. The second kappa shape index (κ2) is 18.0. The summed E-state index contributed by atoms with van der Waals surface area (Å²) in [5.74, 6) is 0.864. The number of Topliss-reactive ketones (excluding diaryl/α,β-unsaturated/α-hetero) is 1. The molecule has 1 aliphatic carbocycles. The van der Waals surface area contributed by atoms with E-state index < -0.39 is 0 Å². The zero-order valence-corrected chi connectivity index (χ0v) is 34.8. The van der Waals surface area contributed by atoms with Gasteiger partial charge >= 0.3 is 0 Å². The molecule has 278 valence electrons. The van der Waals surface area contributed by atoms with Crippen LogP contribution in [-0.4, -0.2) is 11.6 Å². The number of hydrogen-bond acceptors (Lipinski definition) is 2.